The molecule has 1 aliphatic rings. The Balaban J connectivity index is 1.60. The van der Waals surface area contributed by atoms with Gasteiger partial charge in [-0.15, -0.1) is 0 Å². The van der Waals surface area contributed by atoms with Gasteiger partial charge in [-0.05, 0) is 55.3 Å². The van der Waals surface area contributed by atoms with E-state index in [1.165, 1.54) is 32.8 Å². The first-order chi connectivity index (χ1) is 14.6. The lowest BCUT2D eigenvalue weighted by molar-refractivity contribution is 0.543. The number of halogens is 1. The summed E-state index contributed by atoms with van der Waals surface area (Å²) in [5.74, 6) is 0.0117. The number of rotatable bonds is 4. The first-order valence-corrected chi connectivity index (χ1v) is 9.85. The van der Waals surface area contributed by atoms with Crippen LogP contribution in [0.3, 0.4) is 0 Å². The second-order valence-electron chi connectivity index (χ2n) is 7.12. The van der Waals surface area contributed by atoms with Crippen molar-refractivity contribution in [3.63, 3.8) is 0 Å². The van der Waals surface area contributed by atoms with E-state index in [9.17, 15) is 9.18 Å². The molecule has 2 N–H and O–H groups in total. The van der Waals surface area contributed by atoms with Crippen LogP contribution in [0.2, 0.25) is 0 Å². The van der Waals surface area contributed by atoms with Gasteiger partial charge in [0.15, 0.2) is 11.5 Å². The molecule has 9 heteroatoms. The third kappa shape index (κ3) is 3.13. The number of anilines is 2. The molecule has 1 aromatic carbocycles. The maximum absolute atomic E-state index is 13.7. The summed E-state index contributed by atoms with van der Waals surface area (Å²) in [7, 11) is 0. The summed E-state index contributed by atoms with van der Waals surface area (Å²) in [4.78, 5) is 25.6. The van der Waals surface area contributed by atoms with Crippen LogP contribution in [0.25, 0.3) is 16.9 Å². The van der Waals surface area contributed by atoms with Crippen molar-refractivity contribution in [3.05, 3.63) is 70.0 Å². The van der Waals surface area contributed by atoms with Gasteiger partial charge in [-0.3, -0.25) is 4.79 Å². The van der Waals surface area contributed by atoms with Gasteiger partial charge in [-0.1, -0.05) is 12.1 Å². The molecule has 152 valence electrons. The summed E-state index contributed by atoms with van der Waals surface area (Å²) < 4.78 is 16.7. The molecule has 0 atom stereocenters. The molecule has 0 aliphatic carbocycles. The van der Waals surface area contributed by atoms with E-state index in [0.29, 0.717) is 23.5 Å². The molecule has 3 aromatic heterocycles. The van der Waals surface area contributed by atoms with Crippen molar-refractivity contribution in [2.24, 2.45) is 0 Å². The number of hydrogen-bond donors (Lipinski definition) is 2. The lowest BCUT2D eigenvalue weighted by Gasteiger charge is -2.18. The molecule has 0 amide bonds. The van der Waals surface area contributed by atoms with E-state index in [-0.39, 0.29) is 11.4 Å². The fourth-order valence-electron chi connectivity index (χ4n) is 3.81. The normalized spacial score (nSPS) is 13.4. The van der Waals surface area contributed by atoms with Crippen LogP contribution in [-0.4, -0.2) is 30.9 Å². The van der Waals surface area contributed by atoms with Crippen molar-refractivity contribution in [2.45, 2.75) is 26.4 Å². The molecule has 5 rings (SSSR count). The van der Waals surface area contributed by atoms with Crippen LogP contribution >= 0.6 is 0 Å². The van der Waals surface area contributed by atoms with E-state index in [2.05, 4.69) is 37.7 Å². The molecule has 4 heterocycles. The Morgan fingerprint density at radius 3 is 2.93 bits per heavy atom. The van der Waals surface area contributed by atoms with Crippen LogP contribution in [0.15, 0.2) is 47.4 Å². The Labute approximate surface area is 171 Å². The van der Waals surface area contributed by atoms with Crippen molar-refractivity contribution in [1.29, 1.82) is 0 Å². The minimum Gasteiger partial charge on any atom is -0.324 e. The fraction of sp³-hybridized carbons (Fsp3) is 0.238. The van der Waals surface area contributed by atoms with Crippen molar-refractivity contribution in [1.82, 2.24) is 29.6 Å². The molecule has 0 radical (unpaired) electrons. The maximum Gasteiger partial charge on any atom is 0.278 e. The smallest absolute Gasteiger partial charge is 0.278 e. The van der Waals surface area contributed by atoms with E-state index in [1.54, 1.807) is 12.1 Å². The predicted octanol–water partition coefficient (Wildman–Crippen LogP) is 2.53. The molecule has 0 fully saturated rings. The lowest BCUT2D eigenvalue weighted by atomic mass is 10.0. The number of pyridine rings is 1. The van der Waals surface area contributed by atoms with Gasteiger partial charge in [0.2, 0.25) is 11.9 Å². The molecule has 4 aromatic rings. The molecule has 30 heavy (non-hydrogen) atoms. The van der Waals surface area contributed by atoms with Gasteiger partial charge in [0.05, 0.1) is 0 Å². The Hall–Kier alpha value is -3.59. The largest absolute Gasteiger partial charge is 0.324 e. The van der Waals surface area contributed by atoms with Gasteiger partial charge in [-0.2, -0.15) is 9.37 Å². The average Bonchev–Trinajstić information content (AvgIpc) is 3.04. The molecule has 8 nitrogen and oxygen atoms in total. The summed E-state index contributed by atoms with van der Waals surface area (Å²) in [5, 5.41) is 6.93. The molecular formula is C21H20FN7O. The topological polar surface area (TPSA) is 89.7 Å². The molecule has 0 bridgehead atoms. The Morgan fingerprint density at radius 2 is 2.10 bits per heavy atom. The van der Waals surface area contributed by atoms with Crippen LogP contribution in [0.1, 0.15) is 18.1 Å². The van der Waals surface area contributed by atoms with Crippen molar-refractivity contribution in [2.75, 3.05) is 11.9 Å². The number of hydrogen-bond acceptors (Lipinski definition) is 6. The Bertz CT molecular complexity index is 1310. The zero-order chi connectivity index (χ0) is 20.7. The summed E-state index contributed by atoms with van der Waals surface area (Å²) in [6, 6.07) is 10.6. The van der Waals surface area contributed by atoms with E-state index in [4.69, 9.17) is 0 Å². The second-order valence-corrected chi connectivity index (χ2v) is 7.12. The highest BCUT2D eigenvalue weighted by molar-refractivity contribution is 5.77. The highest BCUT2D eigenvalue weighted by Gasteiger charge is 2.18. The van der Waals surface area contributed by atoms with Gasteiger partial charge in [0.1, 0.15) is 5.39 Å². The van der Waals surface area contributed by atoms with E-state index in [0.717, 1.165) is 25.2 Å². The van der Waals surface area contributed by atoms with Crippen LogP contribution in [0.5, 0.6) is 0 Å². The molecular weight excluding hydrogens is 385 g/mol. The van der Waals surface area contributed by atoms with E-state index >= 15 is 0 Å². The summed E-state index contributed by atoms with van der Waals surface area (Å²) in [5.41, 5.74) is 3.57. The van der Waals surface area contributed by atoms with Crippen LogP contribution in [-0.2, 0) is 19.5 Å². The zero-order valence-electron chi connectivity index (χ0n) is 16.4. The number of aromatic nitrogens is 5. The highest BCUT2D eigenvalue weighted by atomic mass is 19.1. The summed E-state index contributed by atoms with van der Waals surface area (Å²) in [6.07, 6.45) is 2.50. The summed E-state index contributed by atoms with van der Waals surface area (Å²) >= 11 is 0. The standard InChI is InChI=1S/C21H20FN7O/c1-2-28-20(30)16-12-24-21(25-15-7-6-13-8-9-23-11-14(13)10-15)27-19(16)29(28)18-5-3-4-17(22)26-18/h3-7,10,12,23H,2,8-9,11H2,1H3,(H,24,25,27). The number of fused-ring (bicyclic) bond motifs is 2. The first kappa shape index (κ1) is 18.4. The van der Waals surface area contributed by atoms with Crippen molar-refractivity contribution >= 4 is 22.7 Å². The third-order valence-electron chi connectivity index (χ3n) is 5.24. The maximum atomic E-state index is 13.7. The van der Waals surface area contributed by atoms with Gasteiger partial charge in [0.25, 0.3) is 5.56 Å². The number of nitrogens with one attached hydrogen (secondary N) is 2. The average molecular weight is 405 g/mol. The SMILES string of the molecule is CCn1c(=O)c2cnc(Nc3ccc4c(c3)CNCC4)nc2n1-c1cccc(F)n1. The van der Waals surface area contributed by atoms with E-state index < -0.39 is 5.95 Å². The minimum absolute atomic E-state index is 0.245. The van der Waals surface area contributed by atoms with Crippen molar-refractivity contribution < 1.29 is 4.39 Å². The van der Waals surface area contributed by atoms with E-state index in [1.807, 2.05) is 13.0 Å². The number of nitrogens with zero attached hydrogens (tertiary/aromatic N) is 5. The van der Waals surface area contributed by atoms with Gasteiger partial charge in [0, 0.05) is 25.0 Å². The zero-order valence-corrected chi connectivity index (χ0v) is 16.4. The fourth-order valence-corrected chi connectivity index (χ4v) is 3.81. The minimum atomic E-state index is -0.625. The molecule has 1 aliphatic heterocycles. The monoisotopic (exact) mass is 405 g/mol. The highest BCUT2D eigenvalue weighted by Crippen LogP contribution is 2.22. The van der Waals surface area contributed by atoms with Gasteiger partial charge in [-0.25, -0.2) is 19.3 Å². The molecule has 0 saturated carbocycles. The molecule has 0 unspecified atom stereocenters. The number of benzene rings is 1. The third-order valence-corrected chi connectivity index (χ3v) is 5.24. The van der Waals surface area contributed by atoms with Crippen LogP contribution < -0.4 is 16.2 Å². The quantitative estimate of drug-likeness (QED) is 0.507. The second kappa shape index (κ2) is 7.34. The Kier molecular flexibility index (Phi) is 4.51. The van der Waals surface area contributed by atoms with Crippen molar-refractivity contribution in [3.8, 4) is 5.82 Å². The van der Waals surface area contributed by atoms with Gasteiger partial charge < -0.3 is 10.6 Å². The van der Waals surface area contributed by atoms with Gasteiger partial charge >= 0.3 is 0 Å². The molecule has 0 saturated heterocycles. The van der Waals surface area contributed by atoms with Crippen LogP contribution in [0, 0.1) is 5.95 Å². The summed E-state index contributed by atoms with van der Waals surface area (Å²) in [6.45, 7) is 4.03. The predicted molar refractivity (Wildman–Crippen MR) is 112 cm³/mol. The lowest BCUT2D eigenvalue weighted by Crippen LogP contribution is -2.23. The van der Waals surface area contributed by atoms with Crippen LogP contribution in [0.4, 0.5) is 16.0 Å². The molecule has 0 spiro atoms. The first-order valence-electron chi connectivity index (χ1n) is 9.85. The Morgan fingerprint density at radius 1 is 1.20 bits per heavy atom.